The normalized spacial score (nSPS) is 14.9. The molecule has 3 N–H and O–H groups in total. The van der Waals surface area contributed by atoms with E-state index < -0.39 is 10.0 Å². The maximum atomic E-state index is 11.5. The minimum absolute atomic E-state index is 0. The highest BCUT2D eigenvalue weighted by Gasteiger charge is 2.20. The number of para-hydroxylation sites is 1. The lowest BCUT2D eigenvalue weighted by Crippen LogP contribution is -2.41. The molecule has 1 aromatic carbocycles. The maximum Gasteiger partial charge on any atom is 0.211 e. The molecule has 8 nitrogen and oxygen atoms in total. The first-order valence-electron chi connectivity index (χ1n) is 9.73. The maximum absolute atomic E-state index is 11.5. The van der Waals surface area contributed by atoms with Crippen molar-refractivity contribution in [2.45, 2.75) is 45.3 Å². The van der Waals surface area contributed by atoms with Crippen molar-refractivity contribution in [2.24, 2.45) is 4.99 Å². The Morgan fingerprint density at radius 2 is 1.93 bits per heavy atom. The fourth-order valence-corrected chi connectivity index (χ4v) is 3.67. The van der Waals surface area contributed by atoms with Gasteiger partial charge in [0.1, 0.15) is 0 Å². The van der Waals surface area contributed by atoms with Gasteiger partial charge in [0, 0.05) is 32.2 Å². The lowest BCUT2D eigenvalue weighted by atomic mass is 10.1. The van der Waals surface area contributed by atoms with Crippen LogP contribution in [0.25, 0.3) is 0 Å². The van der Waals surface area contributed by atoms with Gasteiger partial charge >= 0.3 is 0 Å². The topological polar surface area (TPSA) is 101 Å². The third-order valence-electron chi connectivity index (χ3n) is 4.66. The molecule has 0 saturated heterocycles. The predicted molar refractivity (Wildman–Crippen MR) is 127 cm³/mol. The van der Waals surface area contributed by atoms with Gasteiger partial charge in [0.15, 0.2) is 17.5 Å². The van der Waals surface area contributed by atoms with Gasteiger partial charge < -0.3 is 20.1 Å². The number of hydrogen-bond acceptors (Lipinski definition) is 5. The fourth-order valence-electron chi connectivity index (χ4n) is 3.06. The van der Waals surface area contributed by atoms with Crippen LogP contribution in [0.15, 0.2) is 23.2 Å². The molecule has 1 aliphatic rings. The second-order valence-corrected chi connectivity index (χ2v) is 8.72. The van der Waals surface area contributed by atoms with Gasteiger partial charge in [-0.05, 0) is 38.7 Å². The number of halogens is 1. The van der Waals surface area contributed by atoms with E-state index in [-0.39, 0.29) is 35.8 Å². The standard InChI is InChI=1S/C19H32N4O4S.HI/c1-4-28(24,25)23-13-12-21-19(20-2)22-14-15-8-7-11-17(26-3)18(15)27-16-9-5-6-10-16;/h7-8,11,16,23H,4-6,9-10,12-14H2,1-3H3,(H2,20,21,22);1H. The van der Waals surface area contributed by atoms with E-state index >= 15 is 0 Å². The van der Waals surface area contributed by atoms with Gasteiger partial charge in [-0.2, -0.15) is 0 Å². The Labute approximate surface area is 191 Å². The Morgan fingerprint density at radius 1 is 1.21 bits per heavy atom. The van der Waals surface area contributed by atoms with Crippen LogP contribution in [0.2, 0.25) is 0 Å². The van der Waals surface area contributed by atoms with Crippen LogP contribution in [0.4, 0.5) is 0 Å². The van der Waals surface area contributed by atoms with E-state index in [1.807, 2.05) is 18.2 Å². The van der Waals surface area contributed by atoms with Crippen LogP contribution in [-0.2, 0) is 16.6 Å². The zero-order valence-electron chi connectivity index (χ0n) is 17.4. The van der Waals surface area contributed by atoms with E-state index in [0.717, 1.165) is 29.9 Å². The Bertz CT molecular complexity index is 753. The second-order valence-electron chi connectivity index (χ2n) is 6.62. The van der Waals surface area contributed by atoms with E-state index in [1.54, 1.807) is 21.1 Å². The summed E-state index contributed by atoms with van der Waals surface area (Å²) in [4.78, 5) is 4.18. The van der Waals surface area contributed by atoms with Gasteiger partial charge in [-0.1, -0.05) is 12.1 Å². The molecule has 0 spiro atoms. The number of benzene rings is 1. The molecule has 2 rings (SSSR count). The first-order chi connectivity index (χ1) is 13.5. The first-order valence-corrected chi connectivity index (χ1v) is 11.4. The zero-order valence-corrected chi connectivity index (χ0v) is 20.5. The molecule has 1 aromatic rings. The number of nitrogens with zero attached hydrogens (tertiary/aromatic N) is 1. The number of guanidine groups is 1. The predicted octanol–water partition coefficient (Wildman–Crippen LogP) is 2.24. The van der Waals surface area contributed by atoms with E-state index in [2.05, 4.69) is 20.3 Å². The summed E-state index contributed by atoms with van der Waals surface area (Å²) in [7, 11) is 0.133. The lowest BCUT2D eigenvalue weighted by Gasteiger charge is -2.20. The van der Waals surface area contributed by atoms with Crippen molar-refractivity contribution in [2.75, 3.05) is 33.0 Å². The Balaban J connectivity index is 0.00000420. The minimum Gasteiger partial charge on any atom is -0.493 e. The van der Waals surface area contributed by atoms with Crippen LogP contribution in [0.5, 0.6) is 11.5 Å². The zero-order chi connectivity index (χ0) is 20.4. The van der Waals surface area contributed by atoms with Gasteiger partial charge in [-0.15, -0.1) is 24.0 Å². The van der Waals surface area contributed by atoms with Crippen LogP contribution in [-0.4, -0.2) is 53.5 Å². The molecule has 1 saturated carbocycles. The molecule has 10 heteroatoms. The molecule has 0 radical (unpaired) electrons. The molecular formula is C19H33IN4O4S. The second kappa shape index (κ2) is 13.1. The molecule has 29 heavy (non-hydrogen) atoms. The molecule has 0 aromatic heterocycles. The van der Waals surface area contributed by atoms with Crippen molar-refractivity contribution in [3.8, 4) is 11.5 Å². The summed E-state index contributed by atoms with van der Waals surface area (Å²) >= 11 is 0. The Kier molecular flexibility index (Phi) is 11.7. The fraction of sp³-hybridized carbons (Fsp3) is 0.632. The van der Waals surface area contributed by atoms with Gasteiger partial charge in [-0.25, -0.2) is 13.1 Å². The van der Waals surface area contributed by atoms with Crippen molar-refractivity contribution in [1.29, 1.82) is 0 Å². The van der Waals surface area contributed by atoms with Crippen LogP contribution in [0.3, 0.4) is 0 Å². The summed E-state index contributed by atoms with van der Waals surface area (Å²) in [6.07, 6.45) is 4.78. The van der Waals surface area contributed by atoms with Gasteiger partial charge in [0.25, 0.3) is 0 Å². The highest BCUT2D eigenvalue weighted by molar-refractivity contribution is 14.0. The van der Waals surface area contributed by atoms with Crippen molar-refractivity contribution in [3.63, 3.8) is 0 Å². The summed E-state index contributed by atoms with van der Waals surface area (Å²) in [5.41, 5.74) is 0.987. The Hall–Kier alpha value is -1.27. The summed E-state index contributed by atoms with van der Waals surface area (Å²) in [5.74, 6) is 2.16. The highest BCUT2D eigenvalue weighted by atomic mass is 127. The molecule has 1 fully saturated rings. The van der Waals surface area contributed by atoms with Gasteiger partial charge in [0.2, 0.25) is 10.0 Å². The smallest absolute Gasteiger partial charge is 0.211 e. The summed E-state index contributed by atoms with van der Waals surface area (Å²) in [6, 6.07) is 5.84. The quantitative estimate of drug-likeness (QED) is 0.182. The summed E-state index contributed by atoms with van der Waals surface area (Å²) in [5, 5.41) is 6.34. The van der Waals surface area contributed by atoms with E-state index in [1.165, 1.54) is 12.8 Å². The van der Waals surface area contributed by atoms with Gasteiger partial charge in [-0.3, -0.25) is 4.99 Å². The first kappa shape index (κ1) is 25.8. The van der Waals surface area contributed by atoms with Crippen LogP contribution >= 0.6 is 24.0 Å². The third-order valence-corrected chi connectivity index (χ3v) is 6.06. The third kappa shape index (κ3) is 8.55. The average molecular weight is 540 g/mol. The average Bonchev–Trinajstić information content (AvgIpc) is 3.21. The number of aliphatic imine (C=N–C) groups is 1. The SMILES string of the molecule is CCS(=O)(=O)NCCNC(=NC)NCc1cccc(OC)c1OC1CCCC1.I. The van der Waals surface area contributed by atoms with Crippen LogP contribution < -0.4 is 24.8 Å². The minimum atomic E-state index is -3.19. The van der Waals surface area contributed by atoms with Crippen molar-refractivity contribution >= 4 is 40.0 Å². The summed E-state index contributed by atoms with van der Waals surface area (Å²) < 4.78 is 37.2. The number of methoxy groups -OCH3 is 1. The number of nitrogens with one attached hydrogen (secondary N) is 3. The van der Waals surface area contributed by atoms with E-state index in [0.29, 0.717) is 25.6 Å². The molecular weight excluding hydrogens is 507 g/mol. The van der Waals surface area contributed by atoms with E-state index in [4.69, 9.17) is 9.47 Å². The number of hydrogen-bond donors (Lipinski definition) is 3. The van der Waals surface area contributed by atoms with Crippen LogP contribution in [0.1, 0.15) is 38.2 Å². The molecule has 166 valence electrons. The molecule has 0 amide bonds. The summed E-state index contributed by atoms with van der Waals surface area (Å²) in [6.45, 7) is 2.85. The van der Waals surface area contributed by atoms with Crippen molar-refractivity contribution in [3.05, 3.63) is 23.8 Å². The van der Waals surface area contributed by atoms with Crippen LogP contribution in [0, 0.1) is 0 Å². The molecule has 0 atom stereocenters. The van der Waals surface area contributed by atoms with Crippen molar-refractivity contribution in [1.82, 2.24) is 15.4 Å². The molecule has 0 unspecified atom stereocenters. The van der Waals surface area contributed by atoms with Gasteiger partial charge in [0.05, 0.1) is 19.0 Å². The van der Waals surface area contributed by atoms with E-state index in [9.17, 15) is 8.42 Å². The monoisotopic (exact) mass is 540 g/mol. The molecule has 0 bridgehead atoms. The Morgan fingerprint density at radius 3 is 2.55 bits per heavy atom. The lowest BCUT2D eigenvalue weighted by molar-refractivity contribution is 0.198. The molecule has 0 aliphatic heterocycles. The number of rotatable bonds is 10. The highest BCUT2D eigenvalue weighted by Crippen LogP contribution is 2.34. The molecule has 0 heterocycles. The van der Waals surface area contributed by atoms with Crippen molar-refractivity contribution < 1.29 is 17.9 Å². The largest absolute Gasteiger partial charge is 0.493 e. The molecule has 1 aliphatic carbocycles. The number of ether oxygens (including phenoxy) is 2. The number of sulfonamides is 1.